The molecule has 0 aliphatic heterocycles. The highest BCUT2D eigenvalue weighted by atomic mass is 15.5. The summed E-state index contributed by atoms with van der Waals surface area (Å²) in [6.07, 6.45) is 0. The Kier molecular flexibility index (Phi) is 4.23. The second kappa shape index (κ2) is 6.83. The third kappa shape index (κ3) is 3.41. The molecule has 0 fully saturated rings. The van der Waals surface area contributed by atoms with Gasteiger partial charge in [0.1, 0.15) is 0 Å². The van der Waals surface area contributed by atoms with Gasteiger partial charge in [-0.2, -0.15) is 4.68 Å². The Morgan fingerprint density at radius 1 is 0.840 bits per heavy atom. The number of tetrazole rings is 1. The van der Waals surface area contributed by atoms with Crippen molar-refractivity contribution in [1.29, 1.82) is 0 Å². The predicted octanol–water partition coefficient (Wildman–Crippen LogP) is 3.45. The monoisotopic (exact) mass is 329 g/mol. The molecule has 0 N–H and O–H groups in total. The summed E-state index contributed by atoms with van der Waals surface area (Å²) >= 11 is 0. The molecule has 4 aromatic rings. The standard InChI is InChI=1S/C20H19N5/c1-24(14-16-11-12-17-7-5-6-8-18(17)13-16)15-20-21-22-23-25(20)19-9-3-2-4-10-19/h2-13H,14-15H2,1H3. The minimum atomic E-state index is 0.675. The lowest BCUT2D eigenvalue weighted by Gasteiger charge is -2.16. The molecular formula is C20H19N5. The number of nitrogens with zero attached hydrogens (tertiary/aromatic N) is 5. The Balaban J connectivity index is 1.51. The highest BCUT2D eigenvalue weighted by Gasteiger charge is 2.11. The number of aromatic nitrogens is 4. The lowest BCUT2D eigenvalue weighted by Crippen LogP contribution is -2.20. The van der Waals surface area contributed by atoms with E-state index in [4.69, 9.17) is 0 Å². The highest BCUT2D eigenvalue weighted by Crippen LogP contribution is 2.17. The number of benzene rings is 3. The van der Waals surface area contributed by atoms with E-state index in [-0.39, 0.29) is 0 Å². The molecule has 5 nitrogen and oxygen atoms in total. The third-order valence-electron chi connectivity index (χ3n) is 4.21. The predicted molar refractivity (Wildman–Crippen MR) is 98.3 cm³/mol. The number of hydrogen-bond acceptors (Lipinski definition) is 4. The molecule has 1 heterocycles. The maximum Gasteiger partial charge on any atom is 0.170 e. The van der Waals surface area contributed by atoms with Gasteiger partial charge in [-0.3, -0.25) is 4.90 Å². The number of para-hydroxylation sites is 1. The van der Waals surface area contributed by atoms with E-state index in [1.165, 1.54) is 16.3 Å². The first-order valence-corrected chi connectivity index (χ1v) is 8.28. The first-order valence-electron chi connectivity index (χ1n) is 8.28. The molecule has 0 atom stereocenters. The highest BCUT2D eigenvalue weighted by molar-refractivity contribution is 5.82. The van der Waals surface area contributed by atoms with Crippen molar-refractivity contribution in [3.05, 3.63) is 84.2 Å². The summed E-state index contributed by atoms with van der Waals surface area (Å²) in [5, 5.41) is 14.7. The van der Waals surface area contributed by atoms with Crippen LogP contribution in [0.25, 0.3) is 16.5 Å². The van der Waals surface area contributed by atoms with Crippen LogP contribution in [0.1, 0.15) is 11.4 Å². The van der Waals surface area contributed by atoms with Crippen LogP contribution in [0.5, 0.6) is 0 Å². The van der Waals surface area contributed by atoms with Crippen LogP contribution in [0.15, 0.2) is 72.8 Å². The fraction of sp³-hybridized carbons (Fsp3) is 0.150. The number of rotatable bonds is 5. The molecule has 0 radical (unpaired) electrons. The van der Waals surface area contributed by atoms with Gasteiger partial charge in [0.15, 0.2) is 5.82 Å². The maximum atomic E-state index is 4.18. The smallest absolute Gasteiger partial charge is 0.170 e. The second-order valence-corrected chi connectivity index (χ2v) is 6.20. The molecule has 0 spiro atoms. The Morgan fingerprint density at radius 2 is 1.60 bits per heavy atom. The summed E-state index contributed by atoms with van der Waals surface area (Å²) in [5.41, 5.74) is 2.25. The zero-order chi connectivity index (χ0) is 17.1. The van der Waals surface area contributed by atoms with Gasteiger partial charge < -0.3 is 0 Å². The summed E-state index contributed by atoms with van der Waals surface area (Å²) in [4.78, 5) is 2.22. The summed E-state index contributed by atoms with van der Waals surface area (Å²) < 4.78 is 1.79. The lowest BCUT2D eigenvalue weighted by molar-refractivity contribution is 0.307. The van der Waals surface area contributed by atoms with Crippen molar-refractivity contribution in [2.45, 2.75) is 13.1 Å². The molecular weight excluding hydrogens is 310 g/mol. The Labute approximate surface area is 146 Å². The van der Waals surface area contributed by atoms with Crippen LogP contribution in [-0.4, -0.2) is 32.2 Å². The van der Waals surface area contributed by atoms with Crippen LogP contribution in [0.2, 0.25) is 0 Å². The normalized spacial score (nSPS) is 11.3. The van der Waals surface area contributed by atoms with E-state index in [0.717, 1.165) is 18.1 Å². The van der Waals surface area contributed by atoms with E-state index in [1.807, 2.05) is 30.3 Å². The largest absolute Gasteiger partial charge is 0.295 e. The first-order chi connectivity index (χ1) is 12.3. The molecule has 0 amide bonds. The minimum absolute atomic E-state index is 0.675. The number of hydrogen-bond donors (Lipinski definition) is 0. The van der Waals surface area contributed by atoms with Gasteiger partial charge in [0.25, 0.3) is 0 Å². The van der Waals surface area contributed by atoms with Crippen molar-refractivity contribution < 1.29 is 0 Å². The molecule has 0 aliphatic carbocycles. The molecule has 0 saturated heterocycles. The van der Waals surface area contributed by atoms with E-state index >= 15 is 0 Å². The van der Waals surface area contributed by atoms with Crippen molar-refractivity contribution in [3.8, 4) is 5.69 Å². The average Bonchev–Trinajstić information content (AvgIpc) is 3.10. The van der Waals surface area contributed by atoms with Crippen LogP contribution in [0, 0.1) is 0 Å². The molecule has 0 bridgehead atoms. The summed E-state index contributed by atoms with van der Waals surface area (Å²) in [7, 11) is 2.08. The zero-order valence-electron chi connectivity index (χ0n) is 14.1. The minimum Gasteiger partial charge on any atom is -0.295 e. The fourth-order valence-electron chi connectivity index (χ4n) is 3.02. The molecule has 25 heavy (non-hydrogen) atoms. The van der Waals surface area contributed by atoms with E-state index in [9.17, 15) is 0 Å². The zero-order valence-corrected chi connectivity index (χ0v) is 14.1. The van der Waals surface area contributed by atoms with Crippen LogP contribution in [0.3, 0.4) is 0 Å². The Hall–Kier alpha value is -3.05. The van der Waals surface area contributed by atoms with E-state index in [1.54, 1.807) is 4.68 Å². The average molecular weight is 329 g/mol. The maximum absolute atomic E-state index is 4.18. The van der Waals surface area contributed by atoms with Gasteiger partial charge >= 0.3 is 0 Å². The van der Waals surface area contributed by atoms with Crippen LogP contribution >= 0.6 is 0 Å². The fourth-order valence-corrected chi connectivity index (χ4v) is 3.02. The molecule has 4 rings (SSSR count). The SMILES string of the molecule is CN(Cc1ccc2ccccc2c1)Cc1nnnn1-c1ccccc1. The van der Waals surface area contributed by atoms with Crippen molar-refractivity contribution in [2.24, 2.45) is 0 Å². The van der Waals surface area contributed by atoms with E-state index < -0.39 is 0 Å². The van der Waals surface area contributed by atoms with Crippen molar-refractivity contribution in [1.82, 2.24) is 25.1 Å². The van der Waals surface area contributed by atoms with E-state index in [0.29, 0.717) is 6.54 Å². The lowest BCUT2D eigenvalue weighted by atomic mass is 10.1. The van der Waals surface area contributed by atoms with Crippen molar-refractivity contribution in [2.75, 3.05) is 7.05 Å². The van der Waals surface area contributed by atoms with Gasteiger partial charge in [0, 0.05) is 6.54 Å². The van der Waals surface area contributed by atoms with Gasteiger partial charge in [-0.15, -0.1) is 5.10 Å². The van der Waals surface area contributed by atoms with Gasteiger partial charge in [-0.05, 0) is 52.0 Å². The van der Waals surface area contributed by atoms with Gasteiger partial charge in [0.05, 0.1) is 12.2 Å². The molecule has 0 unspecified atom stereocenters. The Morgan fingerprint density at radius 3 is 2.44 bits per heavy atom. The van der Waals surface area contributed by atoms with Gasteiger partial charge in [-0.25, -0.2) is 0 Å². The summed E-state index contributed by atoms with van der Waals surface area (Å²) in [5.74, 6) is 0.828. The van der Waals surface area contributed by atoms with Gasteiger partial charge in [0.2, 0.25) is 0 Å². The summed E-state index contributed by atoms with van der Waals surface area (Å²) in [6, 6.07) is 25.0. The van der Waals surface area contributed by atoms with Crippen molar-refractivity contribution in [3.63, 3.8) is 0 Å². The summed E-state index contributed by atoms with van der Waals surface area (Å²) in [6.45, 7) is 1.52. The molecule has 0 saturated carbocycles. The third-order valence-corrected chi connectivity index (χ3v) is 4.21. The molecule has 3 aromatic carbocycles. The van der Waals surface area contributed by atoms with Crippen LogP contribution < -0.4 is 0 Å². The molecule has 0 aliphatic rings. The van der Waals surface area contributed by atoms with Crippen LogP contribution in [-0.2, 0) is 13.1 Å². The second-order valence-electron chi connectivity index (χ2n) is 6.20. The van der Waals surface area contributed by atoms with E-state index in [2.05, 4.69) is 69.9 Å². The molecule has 1 aromatic heterocycles. The molecule has 5 heteroatoms. The van der Waals surface area contributed by atoms with Gasteiger partial charge in [-0.1, -0.05) is 54.6 Å². The quantitative estimate of drug-likeness (QED) is 0.563. The molecule has 124 valence electrons. The number of fused-ring (bicyclic) bond motifs is 1. The van der Waals surface area contributed by atoms with Crippen LogP contribution in [0.4, 0.5) is 0 Å². The van der Waals surface area contributed by atoms with Crippen molar-refractivity contribution >= 4 is 10.8 Å². The Bertz CT molecular complexity index is 977. The topological polar surface area (TPSA) is 46.8 Å². The first kappa shape index (κ1) is 15.5.